The van der Waals surface area contributed by atoms with E-state index in [4.69, 9.17) is 4.74 Å². The molecule has 1 aromatic heterocycles. The Labute approximate surface area is 153 Å². The average Bonchev–Trinajstić information content (AvgIpc) is 2.98. The second-order valence-electron chi connectivity index (χ2n) is 7.09. The lowest BCUT2D eigenvalue weighted by Crippen LogP contribution is -2.41. The number of fused-ring (bicyclic) bond motifs is 2. The fourth-order valence-electron chi connectivity index (χ4n) is 3.57. The van der Waals surface area contributed by atoms with Gasteiger partial charge in [0.1, 0.15) is 11.4 Å². The minimum absolute atomic E-state index is 0. The number of carbonyl (C=O) groups is 1. The van der Waals surface area contributed by atoms with Gasteiger partial charge >= 0.3 is 0 Å². The highest BCUT2D eigenvalue weighted by atomic mass is 35.5. The van der Waals surface area contributed by atoms with Crippen molar-refractivity contribution in [3.63, 3.8) is 0 Å². The minimum atomic E-state index is -0.321. The van der Waals surface area contributed by atoms with E-state index in [-0.39, 0.29) is 30.0 Å². The molecule has 0 bridgehead atoms. The molecule has 0 aliphatic carbocycles. The summed E-state index contributed by atoms with van der Waals surface area (Å²) in [5.74, 6) is 0.707. The molecule has 1 atom stereocenters. The SMILES string of the molecule is CC1(C)CC(NC(=O)c2n[nH]c3c2CNCC3)c2ccccc2O1.Cl. The van der Waals surface area contributed by atoms with Gasteiger partial charge in [0.05, 0.1) is 6.04 Å². The molecule has 0 saturated carbocycles. The molecular weight excluding hydrogens is 340 g/mol. The smallest absolute Gasteiger partial charge is 0.272 e. The lowest BCUT2D eigenvalue weighted by molar-refractivity contribution is 0.0618. The van der Waals surface area contributed by atoms with Gasteiger partial charge in [0.2, 0.25) is 0 Å². The van der Waals surface area contributed by atoms with Gasteiger partial charge in [0.25, 0.3) is 5.91 Å². The van der Waals surface area contributed by atoms with Gasteiger partial charge in [-0.2, -0.15) is 5.10 Å². The zero-order chi connectivity index (χ0) is 16.7. The number of ether oxygens (including phenoxy) is 1. The third-order valence-corrected chi connectivity index (χ3v) is 4.70. The summed E-state index contributed by atoms with van der Waals surface area (Å²) in [7, 11) is 0. The molecule has 7 heteroatoms. The van der Waals surface area contributed by atoms with Crippen molar-refractivity contribution in [2.75, 3.05) is 6.54 Å². The normalized spacial score (nSPS) is 20.5. The number of aromatic nitrogens is 2. The van der Waals surface area contributed by atoms with Crippen molar-refractivity contribution in [3.8, 4) is 5.75 Å². The number of para-hydroxylation sites is 1. The van der Waals surface area contributed by atoms with Crippen LogP contribution in [0.25, 0.3) is 0 Å². The molecule has 1 unspecified atom stereocenters. The molecule has 2 aromatic rings. The maximum Gasteiger partial charge on any atom is 0.272 e. The summed E-state index contributed by atoms with van der Waals surface area (Å²) in [6.07, 6.45) is 1.60. The number of nitrogens with one attached hydrogen (secondary N) is 3. The molecule has 4 rings (SSSR count). The molecular formula is C18H23ClN4O2. The number of hydrogen-bond acceptors (Lipinski definition) is 4. The standard InChI is InChI=1S/C18H22N4O2.ClH/c1-18(2)9-14(11-5-3-4-6-15(11)24-18)20-17(23)16-12-10-19-8-7-13(12)21-22-16;/h3-6,14,19H,7-10H2,1-2H3,(H,20,23)(H,21,22);1H. The summed E-state index contributed by atoms with van der Waals surface area (Å²) in [4.78, 5) is 12.8. The van der Waals surface area contributed by atoms with Crippen molar-refractivity contribution < 1.29 is 9.53 Å². The topological polar surface area (TPSA) is 79.0 Å². The molecule has 2 aliphatic heterocycles. The first-order valence-corrected chi connectivity index (χ1v) is 8.39. The van der Waals surface area contributed by atoms with Crippen LogP contribution in [-0.4, -0.2) is 28.3 Å². The van der Waals surface area contributed by atoms with E-state index in [1.54, 1.807) is 0 Å². The molecule has 3 N–H and O–H groups in total. The van der Waals surface area contributed by atoms with Crippen LogP contribution in [0.2, 0.25) is 0 Å². The number of nitrogens with zero attached hydrogens (tertiary/aromatic N) is 1. The fraction of sp³-hybridized carbons (Fsp3) is 0.444. The second-order valence-corrected chi connectivity index (χ2v) is 7.09. The molecule has 0 fully saturated rings. The van der Waals surface area contributed by atoms with E-state index in [2.05, 4.69) is 20.8 Å². The Morgan fingerprint density at radius 2 is 2.16 bits per heavy atom. The zero-order valence-corrected chi connectivity index (χ0v) is 15.2. The number of aromatic amines is 1. The van der Waals surface area contributed by atoms with Crippen molar-refractivity contribution in [1.29, 1.82) is 0 Å². The van der Waals surface area contributed by atoms with Gasteiger partial charge in [-0.05, 0) is 19.9 Å². The Morgan fingerprint density at radius 1 is 1.36 bits per heavy atom. The van der Waals surface area contributed by atoms with Gasteiger partial charge in [0, 0.05) is 42.8 Å². The molecule has 0 spiro atoms. The Morgan fingerprint density at radius 3 is 3.00 bits per heavy atom. The summed E-state index contributed by atoms with van der Waals surface area (Å²) in [5.41, 5.74) is 3.25. The van der Waals surface area contributed by atoms with E-state index in [1.807, 2.05) is 38.1 Å². The van der Waals surface area contributed by atoms with Crippen LogP contribution in [0.5, 0.6) is 5.75 Å². The number of halogens is 1. The third-order valence-electron chi connectivity index (χ3n) is 4.70. The van der Waals surface area contributed by atoms with Crippen molar-refractivity contribution in [3.05, 3.63) is 46.8 Å². The van der Waals surface area contributed by atoms with E-state index in [0.29, 0.717) is 12.2 Å². The largest absolute Gasteiger partial charge is 0.487 e. The molecule has 25 heavy (non-hydrogen) atoms. The fourth-order valence-corrected chi connectivity index (χ4v) is 3.57. The number of amides is 1. The Hall–Kier alpha value is -2.05. The first-order valence-electron chi connectivity index (χ1n) is 8.39. The molecule has 0 radical (unpaired) electrons. The summed E-state index contributed by atoms with van der Waals surface area (Å²) in [6, 6.07) is 7.81. The number of rotatable bonds is 2. The summed E-state index contributed by atoms with van der Waals surface area (Å²) in [6.45, 7) is 5.69. The molecule has 6 nitrogen and oxygen atoms in total. The Balaban J connectivity index is 0.00000182. The minimum Gasteiger partial charge on any atom is -0.487 e. The van der Waals surface area contributed by atoms with Gasteiger partial charge in [-0.15, -0.1) is 12.4 Å². The molecule has 3 heterocycles. The van der Waals surface area contributed by atoms with Gasteiger partial charge in [-0.25, -0.2) is 0 Å². The van der Waals surface area contributed by atoms with E-state index in [9.17, 15) is 4.79 Å². The highest BCUT2D eigenvalue weighted by Crippen LogP contribution is 2.39. The summed E-state index contributed by atoms with van der Waals surface area (Å²) < 4.78 is 6.03. The maximum atomic E-state index is 12.8. The van der Waals surface area contributed by atoms with Crippen LogP contribution in [0.1, 0.15) is 53.6 Å². The van der Waals surface area contributed by atoms with E-state index in [0.717, 1.165) is 42.0 Å². The second kappa shape index (κ2) is 6.69. The lowest BCUT2D eigenvalue weighted by Gasteiger charge is -2.37. The van der Waals surface area contributed by atoms with Gasteiger partial charge in [0.15, 0.2) is 5.69 Å². The van der Waals surface area contributed by atoms with Crippen LogP contribution in [0.4, 0.5) is 0 Å². The molecule has 134 valence electrons. The van der Waals surface area contributed by atoms with Crippen LogP contribution >= 0.6 is 12.4 Å². The Kier molecular flexibility index (Phi) is 4.75. The Bertz CT molecular complexity index is 787. The first-order chi connectivity index (χ1) is 11.5. The predicted octanol–water partition coefficient (Wildman–Crippen LogP) is 2.51. The zero-order valence-electron chi connectivity index (χ0n) is 14.4. The van der Waals surface area contributed by atoms with Crippen LogP contribution in [0, 0.1) is 0 Å². The van der Waals surface area contributed by atoms with E-state index >= 15 is 0 Å². The van der Waals surface area contributed by atoms with Crippen molar-refractivity contribution in [2.45, 2.75) is 44.9 Å². The summed E-state index contributed by atoms with van der Waals surface area (Å²) in [5, 5.41) is 13.7. The van der Waals surface area contributed by atoms with Crippen LogP contribution < -0.4 is 15.4 Å². The third kappa shape index (κ3) is 3.37. The van der Waals surface area contributed by atoms with E-state index < -0.39 is 0 Å². The van der Waals surface area contributed by atoms with Crippen molar-refractivity contribution >= 4 is 18.3 Å². The average molecular weight is 363 g/mol. The number of carbonyl (C=O) groups excluding carboxylic acids is 1. The van der Waals surface area contributed by atoms with Crippen LogP contribution in [0.15, 0.2) is 24.3 Å². The van der Waals surface area contributed by atoms with Crippen molar-refractivity contribution in [2.24, 2.45) is 0 Å². The lowest BCUT2D eigenvalue weighted by atomic mass is 9.89. The maximum absolute atomic E-state index is 12.8. The monoisotopic (exact) mass is 362 g/mol. The van der Waals surface area contributed by atoms with Gasteiger partial charge < -0.3 is 15.4 Å². The highest BCUT2D eigenvalue weighted by molar-refractivity contribution is 5.94. The molecule has 1 aromatic carbocycles. The quantitative estimate of drug-likeness (QED) is 0.767. The first kappa shape index (κ1) is 17.8. The van der Waals surface area contributed by atoms with E-state index in [1.165, 1.54) is 0 Å². The van der Waals surface area contributed by atoms with Crippen LogP contribution in [0.3, 0.4) is 0 Å². The summed E-state index contributed by atoms with van der Waals surface area (Å²) >= 11 is 0. The number of benzene rings is 1. The van der Waals surface area contributed by atoms with Crippen LogP contribution in [-0.2, 0) is 13.0 Å². The predicted molar refractivity (Wildman–Crippen MR) is 97.2 cm³/mol. The van der Waals surface area contributed by atoms with Gasteiger partial charge in [-0.3, -0.25) is 9.89 Å². The number of H-pyrrole nitrogens is 1. The van der Waals surface area contributed by atoms with Crippen molar-refractivity contribution in [1.82, 2.24) is 20.8 Å². The molecule has 2 aliphatic rings. The number of hydrogen-bond donors (Lipinski definition) is 3. The highest BCUT2D eigenvalue weighted by Gasteiger charge is 2.35. The molecule has 1 amide bonds. The van der Waals surface area contributed by atoms with Gasteiger partial charge in [-0.1, -0.05) is 18.2 Å². The molecule has 0 saturated heterocycles.